The lowest BCUT2D eigenvalue weighted by Gasteiger charge is -2.31. The Bertz CT molecular complexity index is 303. The van der Waals surface area contributed by atoms with E-state index in [-0.39, 0.29) is 11.9 Å². The molecule has 0 aromatic carbocycles. The summed E-state index contributed by atoms with van der Waals surface area (Å²) in [5.74, 6) is 0.739. The first-order chi connectivity index (χ1) is 8.56. The average Bonchev–Trinajstić information content (AvgIpc) is 2.85. The highest BCUT2D eigenvalue weighted by Gasteiger charge is 2.27. The first-order valence-electron chi connectivity index (χ1n) is 6.96. The number of hydrogen-bond acceptors (Lipinski definition) is 3. The van der Waals surface area contributed by atoms with Crippen molar-refractivity contribution in [2.45, 2.75) is 46.1 Å². The minimum atomic E-state index is -0.0983. The molecule has 1 unspecified atom stereocenters. The zero-order valence-electron chi connectivity index (χ0n) is 11.9. The molecular weight excluding hydrogens is 226 g/mol. The molecule has 1 rings (SSSR count). The lowest BCUT2D eigenvalue weighted by Crippen LogP contribution is -2.47. The fourth-order valence-corrected chi connectivity index (χ4v) is 2.46. The molecule has 18 heavy (non-hydrogen) atoms. The van der Waals surface area contributed by atoms with Crippen LogP contribution in [-0.4, -0.2) is 47.9 Å². The maximum Gasteiger partial charge on any atom is 0.239 e. The molecule has 1 aliphatic rings. The molecule has 1 amide bonds. The molecule has 1 fully saturated rings. The highest BCUT2D eigenvalue weighted by atomic mass is 16.2. The summed E-state index contributed by atoms with van der Waals surface area (Å²) in [5, 5.41) is 8.71. The van der Waals surface area contributed by atoms with Gasteiger partial charge in [-0.1, -0.05) is 13.8 Å². The van der Waals surface area contributed by atoms with E-state index in [0.29, 0.717) is 18.9 Å². The van der Waals surface area contributed by atoms with Gasteiger partial charge in [0.1, 0.15) is 0 Å². The van der Waals surface area contributed by atoms with Crippen molar-refractivity contribution in [2.75, 3.05) is 26.2 Å². The molecule has 0 radical (unpaired) electrons. The molecule has 0 aliphatic carbocycles. The van der Waals surface area contributed by atoms with Crippen LogP contribution in [0.4, 0.5) is 0 Å². The van der Waals surface area contributed by atoms with Crippen LogP contribution in [0.15, 0.2) is 0 Å². The van der Waals surface area contributed by atoms with Crippen LogP contribution in [0.3, 0.4) is 0 Å². The van der Waals surface area contributed by atoms with E-state index in [0.717, 1.165) is 32.5 Å². The third-order valence-corrected chi connectivity index (χ3v) is 3.43. The van der Waals surface area contributed by atoms with Gasteiger partial charge in [-0.05, 0) is 25.7 Å². The monoisotopic (exact) mass is 251 g/mol. The lowest BCUT2D eigenvalue weighted by atomic mass is 10.1. The molecule has 1 saturated heterocycles. The van der Waals surface area contributed by atoms with Gasteiger partial charge in [0.2, 0.25) is 5.91 Å². The zero-order chi connectivity index (χ0) is 13.5. The summed E-state index contributed by atoms with van der Waals surface area (Å²) in [6.45, 7) is 9.63. The molecule has 0 aromatic rings. The number of rotatable bonds is 6. The Morgan fingerprint density at radius 1 is 1.33 bits per heavy atom. The van der Waals surface area contributed by atoms with Gasteiger partial charge in [-0.3, -0.25) is 9.69 Å². The Labute approximate surface area is 111 Å². The Morgan fingerprint density at radius 2 is 1.94 bits per heavy atom. The number of carbonyl (C=O) groups excluding carboxylic acids is 1. The van der Waals surface area contributed by atoms with E-state index in [2.05, 4.69) is 24.8 Å². The fraction of sp³-hybridized carbons (Fsp3) is 0.857. The minimum Gasteiger partial charge on any atom is -0.341 e. The second-order valence-electron chi connectivity index (χ2n) is 5.51. The molecule has 0 aromatic heterocycles. The van der Waals surface area contributed by atoms with Gasteiger partial charge >= 0.3 is 0 Å². The van der Waals surface area contributed by atoms with Gasteiger partial charge < -0.3 is 4.90 Å². The van der Waals surface area contributed by atoms with Crippen molar-refractivity contribution in [1.29, 1.82) is 5.26 Å². The number of nitriles is 1. The smallest absolute Gasteiger partial charge is 0.239 e. The predicted octanol–water partition coefficient (Wildman–Crippen LogP) is 1.87. The van der Waals surface area contributed by atoms with E-state index in [1.165, 1.54) is 0 Å². The lowest BCUT2D eigenvalue weighted by molar-refractivity contribution is -0.135. The minimum absolute atomic E-state index is 0.0983. The summed E-state index contributed by atoms with van der Waals surface area (Å²) in [6, 6.07) is 2.07. The molecule has 1 heterocycles. The van der Waals surface area contributed by atoms with Crippen LogP contribution < -0.4 is 0 Å². The summed E-state index contributed by atoms with van der Waals surface area (Å²) < 4.78 is 0. The van der Waals surface area contributed by atoms with Crippen LogP contribution in [0.2, 0.25) is 0 Å². The van der Waals surface area contributed by atoms with E-state index in [9.17, 15) is 4.79 Å². The number of amides is 1. The van der Waals surface area contributed by atoms with E-state index in [1.54, 1.807) is 0 Å². The Morgan fingerprint density at radius 3 is 2.44 bits per heavy atom. The summed E-state index contributed by atoms with van der Waals surface area (Å²) in [7, 11) is 0. The van der Waals surface area contributed by atoms with Crippen molar-refractivity contribution in [3.05, 3.63) is 0 Å². The van der Waals surface area contributed by atoms with Crippen LogP contribution in [0.25, 0.3) is 0 Å². The van der Waals surface area contributed by atoms with Crippen molar-refractivity contribution in [2.24, 2.45) is 5.92 Å². The quantitative estimate of drug-likeness (QED) is 0.724. The van der Waals surface area contributed by atoms with Gasteiger partial charge in [0, 0.05) is 32.6 Å². The molecule has 4 heteroatoms. The van der Waals surface area contributed by atoms with Crippen molar-refractivity contribution >= 4 is 5.91 Å². The van der Waals surface area contributed by atoms with Crippen molar-refractivity contribution < 1.29 is 4.79 Å². The van der Waals surface area contributed by atoms with Crippen LogP contribution in [0.5, 0.6) is 0 Å². The van der Waals surface area contributed by atoms with Gasteiger partial charge in [-0.2, -0.15) is 5.26 Å². The number of likely N-dealkylation sites (tertiary alicyclic amines) is 1. The molecule has 102 valence electrons. The number of hydrogen-bond donors (Lipinski definition) is 0. The summed E-state index contributed by atoms with van der Waals surface area (Å²) >= 11 is 0. The fourth-order valence-electron chi connectivity index (χ4n) is 2.46. The highest BCUT2D eigenvalue weighted by Crippen LogP contribution is 2.13. The molecule has 0 N–H and O–H groups in total. The largest absolute Gasteiger partial charge is 0.341 e. The van der Waals surface area contributed by atoms with Crippen LogP contribution in [0, 0.1) is 17.2 Å². The van der Waals surface area contributed by atoms with Crippen LogP contribution >= 0.6 is 0 Å². The summed E-state index contributed by atoms with van der Waals surface area (Å²) in [4.78, 5) is 16.4. The van der Waals surface area contributed by atoms with Gasteiger partial charge in [-0.15, -0.1) is 0 Å². The normalized spacial score (nSPS) is 17.2. The van der Waals surface area contributed by atoms with Gasteiger partial charge in [0.25, 0.3) is 0 Å². The zero-order valence-corrected chi connectivity index (χ0v) is 11.9. The third-order valence-electron chi connectivity index (χ3n) is 3.43. The summed E-state index contributed by atoms with van der Waals surface area (Å²) in [5.41, 5.74) is 0. The van der Waals surface area contributed by atoms with Gasteiger partial charge in [0.05, 0.1) is 12.1 Å². The first-order valence-corrected chi connectivity index (χ1v) is 6.96. The average molecular weight is 251 g/mol. The second kappa shape index (κ2) is 7.38. The number of nitrogens with zero attached hydrogens (tertiary/aromatic N) is 3. The topological polar surface area (TPSA) is 47.3 Å². The Kier molecular flexibility index (Phi) is 6.14. The van der Waals surface area contributed by atoms with E-state index < -0.39 is 0 Å². The van der Waals surface area contributed by atoms with Crippen molar-refractivity contribution in [3.8, 4) is 6.07 Å². The molecule has 0 spiro atoms. The van der Waals surface area contributed by atoms with Crippen LogP contribution in [0.1, 0.15) is 40.0 Å². The molecular formula is C14H25N3O. The molecule has 1 aliphatic heterocycles. The third kappa shape index (κ3) is 4.30. The Balaban J connectivity index is 2.58. The van der Waals surface area contributed by atoms with Gasteiger partial charge in [0.15, 0.2) is 0 Å². The predicted molar refractivity (Wildman–Crippen MR) is 71.9 cm³/mol. The van der Waals surface area contributed by atoms with Crippen LogP contribution in [-0.2, 0) is 4.79 Å². The second-order valence-corrected chi connectivity index (χ2v) is 5.51. The van der Waals surface area contributed by atoms with E-state index in [1.807, 2.05) is 11.8 Å². The molecule has 1 atom stereocenters. The van der Waals surface area contributed by atoms with E-state index >= 15 is 0 Å². The first kappa shape index (κ1) is 15.0. The van der Waals surface area contributed by atoms with E-state index in [4.69, 9.17) is 5.26 Å². The SMILES string of the molecule is CC(C)CN(CCC#N)C(C)C(=O)N1CCCC1. The number of carbonyl (C=O) groups is 1. The maximum atomic E-state index is 12.3. The molecule has 0 bridgehead atoms. The molecule has 4 nitrogen and oxygen atoms in total. The Hall–Kier alpha value is -1.08. The van der Waals surface area contributed by atoms with Crippen molar-refractivity contribution in [1.82, 2.24) is 9.80 Å². The van der Waals surface area contributed by atoms with Crippen molar-refractivity contribution in [3.63, 3.8) is 0 Å². The van der Waals surface area contributed by atoms with Gasteiger partial charge in [-0.25, -0.2) is 0 Å². The molecule has 0 saturated carbocycles. The standard InChI is InChI=1S/C14H25N3O/c1-12(2)11-17(10-6-7-15)13(3)14(18)16-8-4-5-9-16/h12-13H,4-6,8-11H2,1-3H3. The highest BCUT2D eigenvalue weighted by molar-refractivity contribution is 5.81. The summed E-state index contributed by atoms with van der Waals surface area (Å²) in [6.07, 6.45) is 2.74. The maximum absolute atomic E-state index is 12.3.